The number of nitrogens with one attached hydrogen (secondary N) is 1. The van der Waals surface area contributed by atoms with Gasteiger partial charge in [0.25, 0.3) is 5.91 Å². The first-order valence-electron chi connectivity index (χ1n) is 10.7. The SMILES string of the molecule is CC(C)c1csc2ccc(C(=O)Nc3cnccc3N3C[C@H](C)C[C@H](OC(N)=O)C3)nc12. The van der Waals surface area contributed by atoms with E-state index in [4.69, 9.17) is 10.5 Å². The van der Waals surface area contributed by atoms with Gasteiger partial charge in [0.2, 0.25) is 0 Å². The zero-order valence-corrected chi connectivity index (χ0v) is 19.2. The smallest absolute Gasteiger partial charge is 0.404 e. The van der Waals surface area contributed by atoms with Crippen LogP contribution in [0.25, 0.3) is 10.2 Å². The van der Waals surface area contributed by atoms with E-state index >= 15 is 0 Å². The molecule has 0 aliphatic carbocycles. The number of amides is 2. The van der Waals surface area contributed by atoms with Crippen LogP contribution >= 0.6 is 11.3 Å². The summed E-state index contributed by atoms with van der Waals surface area (Å²) in [6.07, 6.45) is 2.97. The van der Waals surface area contributed by atoms with Crippen molar-refractivity contribution in [3.8, 4) is 0 Å². The van der Waals surface area contributed by atoms with E-state index < -0.39 is 6.09 Å². The first-order chi connectivity index (χ1) is 15.3. The van der Waals surface area contributed by atoms with Gasteiger partial charge >= 0.3 is 6.09 Å². The fourth-order valence-corrected chi connectivity index (χ4v) is 5.21. The average Bonchev–Trinajstić information content (AvgIpc) is 3.16. The summed E-state index contributed by atoms with van der Waals surface area (Å²) in [5, 5.41) is 5.07. The van der Waals surface area contributed by atoms with Gasteiger partial charge in [-0.1, -0.05) is 20.8 Å². The monoisotopic (exact) mass is 453 g/mol. The highest BCUT2D eigenvalue weighted by Crippen LogP contribution is 2.32. The minimum Gasteiger partial charge on any atom is -0.445 e. The quantitative estimate of drug-likeness (QED) is 0.593. The lowest BCUT2D eigenvalue weighted by Gasteiger charge is -2.37. The normalized spacial score (nSPS) is 18.7. The number of thiophene rings is 1. The number of ether oxygens (including phenoxy) is 1. The van der Waals surface area contributed by atoms with Crippen LogP contribution in [-0.4, -0.2) is 41.2 Å². The molecule has 1 saturated heterocycles. The van der Waals surface area contributed by atoms with Crippen LogP contribution in [0.2, 0.25) is 0 Å². The van der Waals surface area contributed by atoms with Crippen molar-refractivity contribution in [2.75, 3.05) is 23.3 Å². The van der Waals surface area contributed by atoms with E-state index in [2.05, 4.69) is 46.3 Å². The maximum absolute atomic E-state index is 13.1. The topological polar surface area (TPSA) is 110 Å². The Hall–Kier alpha value is -3.20. The molecule has 2 amide bonds. The van der Waals surface area contributed by atoms with Crippen LogP contribution in [0, 0.1) is 5.92 Å². The van der Waals surface area contributed by atoms with Crippen molar-refractivity contribution in [1.29, 1.82) is 0 Å². The molecule has 8 nitrogen and oxygen atoms in total. The van der Waals surface area contributed by atoms with Crippen LogP contribution in [0.3, 0.4) is 0 Å². The van der Waals surface area contributed by atoms with Crippen molar-refractivity contribution in [2.45, 2.75) is 39.2 Å². The largest absolute Gasteiger partial charge is 0.445 e. The van der Waals surface area contributed by atoms with Crippen molar-refractivity contribution in [2.24, 2.45) is 11.7 Å². The lowest BCUT2D eigenvalue weighted by Crippen LogP contribution is -2.45. The number of piperidine rings is 1. The van der Waals surface area contributed by atoms with Crippen molar-refractivity contribution in [3.05, 3.63) is 47.2 Å². The van der Waals surface area contributed by atoms with Crippen LogP contribution in [0.1, 0.15) is 49.2 Å². The molecular weight excluding hydrogens is 426 g/mol. The van der Waals surface area contributed by atoms with E-state index in [9.17, 15) is 9.59 Å². The molecule has 4 heterocycles. The lowest BCUT2D eigenvalue weighted by atomic mass is 9.97. The maximum Gasteiger partial charge on any atom is 0.404 e. The molecule has 32 heavy (non-hydrogen) atoms. The predicted molar refractivity (Wildman–Crippen MR) is 126 cm³/mol. The van der Waals surface area contributed by atoms with Crippen molar-refractivity contribution in [3.63, 3.8) is 0 Å². The predicted octanol–water partition coefficient (Wildman–Crippen LogP) is 4.38. The first kappa shape index (κ1) is 22.0. The number of nitrogens with two attached hydrogens (primary N) is 1. The highest BCUT2D eigenvalue weighted by atomic mass is 32.1. The molecule has 168 valence electrons. The Morgan fingerprint density at radius 3 is 2.84 bits per heavy atom. The van der Waals surface area contributed by atoms with E-state index in [0.717, 1.165) is 34.4 Å². The number of primary amides is 1. The molecule has 4 rings (SSSR count). The molecule has 0 bridgehead atoms. The summed E-state index contributed by atoms with van der Waals surface area (Å²) < 4.78 is 6.32. The number of pyridine rings is 2. The average molecular weight is 454 g/mol. The third kappa shape index (κ3) is 4.67. The summed E-state index contributed by atoms with van der Waals surface area (Å²) in [7, 11) is 0. The highest BCUT2D eigenvalue weighted by molar-refractivity contribution is 7.17. The first-order valence-corrected chi connectivity index (χ1v) is 11.5. The van der Waals surface area contributed by atoms with Gasteiger partial charge < -0.3 is 20.7 Å². The third-order valence-corrected chi connectivity index (χ3v) is 6.55. The summed E-state index contributed by atoms with van der Waals surface area (Å²) >= 11 is 1.64. The Morgan fingerprint density at radius 1 is 1.28 bits per heavy atom. The highest BCUT2D eigenvalue weighted by Gasteiger charge is 2.28. The minimum absolute atomic E-state index is 0.293. The zero-order valence-electron chi connectivity index (χ0n) is 18.4. The number of hydrogen-bond donors (Lipinski definition) is 2. The van der Waals surface area contributed by atoms with Gasteiger partial charge in [0.05, 0.1) is 34.3 Å². The molecule has 0 aromatic carbocycles. The fourth-order valence-electron chi connectivity index (χ4n) is 4.15. The number of hydrogen-bond acceptors (Lipinski definition) is 7. The van der Waals surface area contributed by atoms with E-state index in [0.29, 0.717) is 29.8 Å². The molecule has 0 radical (unpaired) electrons. The Balaban J connectivity index is 1.58. The summed E-state index contributed by atoms with van der Waals surface area (Å²) in [5.74, 6) is 0.329. The van der Waals surface area contributed by atoms with E-state index in [1.807, 2.05) is 12.1 Å². The fraction of sp³-hybridized carbons (Fsp3) is 0.391. The van der Waals surface area contributed by atoms with Crippen LogP contribution in [0.5, 0.6) is 0 Å². The van der Waals surface area contributed by atoms with Gasteiger partial charge in [-0.25, -0.2) is 9.78 Å². The van der Waals surface area contributed by atoms with Crippen LogP contribution in [0.15, 0.2) is 36.0 Å². The Morgan fingerprint density at radius 2 is 2.09 bits per heavy atom. The number of nitrogens with zero attached hydrogens (tertiary/aromatic N) is 3. The van der Waals surface area contributed by atoms with Gasteiger partial charge in [-0.05, 0) is 47.4 Å². The number of carbonyl (C=O) groups excluding carboxylic acids is 2. The maximum atomic E-state index is 13.1. The Kier molecular flexibility index (Phi) is 6.27. The summed E-state index contributed by atoms with van der Waals surface area (Å²) in [4.78, 5) is 35.2. The van der Waals surface area contributed by atoms with Crippen LogP contribution in [0.4, 0.5) is 16.2 Å². The van der Waals surface area contributed by atoms with Gasteiger partial charge in [0, 0.05) is 12.7 Å². The van der Waals surface area contributed by atoms with Crippen LogP contribution < -0.4 is 16.0 Å². The number of anilines is 2. The molecule has 3 aromatic rings. The number of aromatic nitrogens is 2. The number of carbonyl (C=O) groups is 2. The summed E-state index contributed by atoms with van der Waals surface area (Å²) in [5.41, 5.74) is 9.00. The number of fused-ring (bicyclic) bond motifs is 1. The molecule has 1 aliphatic rings. The standard InChI is InChI=1S/C23H27N5O3S/c1-13(2)16-12-32-20-5-4-17(26-21(16)20)22(29)27-18-9-25-7-6-19(18)28-10-14(3)8-15(11-28)31-23(24)30/h4-7,9,12-15H,8,10-11H2,1-3H3,(H2,24,30)(H,27,29)/t14-,15+/m1/s1. The van der Waals surface area contributed by atoms with Crippen molar-refractivity contribution < 1.29 is 14.3 Å². The zero-order chi connectivity index (χ0) is 22.8. The van der Waals surface area contributed by atoms with Gasteiger partial charge in [-0.15, -0.1) is 11.3 Å². The van der Waals surface area contributed by atoms with E-state index in [-0.39, 0.29) is 12.0 Å². The molecule has 0 saturated carbocycles. The minimum atomic E-state index is -0.775. The summed E-state index contributed by atoms with van der Waals surface area (Å²) in [6, 6.07) is 5.53. The van der Waals surface area contributed by atoms with Crippen molar-refractivity contribution >= 4 is 44.9 Å². The molecule has 0 spiro atoms. The molecule has 9 heteroatoms. The molecule has 3 aromatic heterocycles. The summed E-state index contributed by atoms with van der Waals surface area (Å²) in [6.45, 7) is 7.59. The molecule has 2 atom stereocenters. The van der Waals surface area contributed by atoms with E-state index in [1.165, 1.54) is 0 Å². The molecule has 1 fully saturated rings. The second kappa shape index (κ2) is 9.12. The Labute approximate surface area is 190 Å². The Bertz CT molecular complexity index is 1150. The van der Waals surface area contributed by atoms with Gasteiger partial charge in [-0.2, -0.15) is 0 Å². The molecule has 0 unspecified atom stereocenters. The van der Waals surface area contributed by atoms with Gasteiger partial charge in [-0.3, -0.25) is 9.78 Å². The van der Waals surface area contributed by atoms with E-state index in [1.54, 1.807) is 29.8 Å². The molecule has 3 N–H and O–H groups in total. The third-order valence-electron chi connectivity index (χ3n) is 5.59. The number of rotatable bonds is 5. The second-order valence-corrected chi connectivity index (χ2v) is 9.45. The lowest BCUT2D eigenvalue weighted by molar-refractivity contribution is 0.0855. The second-order valence-electron chi connectivity index (χ2n) is 8.54. The van der Waals surface area contributed by atoms with Gasteiger partial charge in [0.15, 0.2) is 0 Å². The van der Waals surface area contributed by atoms with Crippen molar-refractivity contribution in [1.82, 2.24) is 9.97 Å². The van der Waals surface area contributed by atoms with Gasteiger partial charge in [0.1, 0.15) is 11.8 Å². The molecular formula is C23H27N5O3S. The van der Waals surface area contributed by atoms with Crippen LogP contribution in [-0.2, 0) is 4.74 Å². The molecule has 1 aliphatic heterocycles.